The number of rotatable bonds is 4. The Balaban J connectivity index is 2.15. The predicted octanol–water partition coefficient (Wildman–Crippen LogP) is 3.03. The molecule has 1 aromatic carbocycles. The van der Waals surface area contributed by atoms with Crippen molar-refractivity contribution in [3.05, 3.63) is 35.9 Å². The molecule has 0 aromatic heterocycles. The molecule has 1 saturated heterocycles. The van der Waals surface area contributed by atoms with Crippen LogP contribution in [0.2, 0.25) is 0 Å². The topological polar surface area (TPSA) is 29.5 Å². The lowest BCUT2D eigenvalue weighted by Crippen LogP contribution is -2.44. The van der Waals surface area contributed by atoms with Gasteiger partial charge in [-0.3, -0.25) is 4.90 Å². The van der Waals surface area contributed by atoms with Crippen molar-refractivity contribution in [3.8, 4) is 0 Å². The number of cyclic esters (lactones) is 1. The van der Waals surface area contributed by atoms with Crippen molar-refractivity contribution in [3.63, 3.8) is 0 Å². The van der Waals surface area contributed by atoms with Crippen LogP contribution in [0.1, 0.15) is 18.9 Å². The van der Waals surface area contributed by atoms with Gasteiger partial charge in [0.1, 0.15) is 6.61 Å². The van der Waals surface area contributed by atoms with E-state index in [1.807, 2.05) is 37.3 Å². The van der Waals surface area contributed by atoms with Crippen LogP contribution in [0.3, 0.4) is 0 Å². The Morgan fingerprint density at radius 1 is 1.41 bits per heavy atom. The lowest BCUT2D eigenvalue weighted by molar-refractivity contribution is 0.149. The summed E-state index contributed by atoms with van der Waals surface area (Å²) in [5.74, 6) is 0.526. The molecule has 1 heterocycles. The molecule has 2 rings (SSSR count). The second kappa shape index (κ2) is 4.96. The standard InChI is InChI=1S/C13H16ClNO2/c1-13(7-8-14)10-17-12(16)15(13)9-11-5-3-2-4-6-11/h2-6H,7-10H2,1H3. The lowest BCUT2D eigenvalue weighted by atomic mass is 9.98. The number of hydrogen-bond acceptors (Lipinski definition) is 2. The van der Waals surface area contributed by atoms with Gasteiger partial charge in [-0.25, -0.2) is 4.79 Å². The SMILES string of the molecule is CC1(CCCl)COC(=O)N1Cc1ccccc1. The minimum atomic E-state index is -0.283. The van der Waals surface area contributed by atoms with Gasteiger partial charge in [0.15, 0.2) is 0 Å². The molecule has 0 spiro atoms. The van der Waals surface area contributed by atoms with Gasteiger partial charge in [-0.15, -0.1) is 11.6 Å². The minimum absolute atomic E-state index is 0.249. The Hall–Kier alpha value is -1.22. The Bertz CT molecular complexity index is 396. The van der Waals surface area contributed by atoms with Gasteiger partial charge in [0.2, 0.25) is 0 Å². The van der Waals surface area contributed by atoms with Gasteiger partial charge in [-0.2, -0.15) is 0 Å². The molecule has 1 fully saturated rings. The number of amides is 1. The Kier molecular flexibility index (Phi) is 3.57. The van der Waals surface area contributed by atoms with Crippen LogP contribution in [-0.2, 0) is 11.3 Å². The van der Waals surface area contributed by atoms with Crippen LogP contribution < -0.4 is 0 Å². The molecule has 1 aliphatic heterocycles. The molecule has 1 unspecified atom stereocenters. The molecule has 0 radical (unpaired) electrons. The van der Waals surface area contributed by atoms with E-state index >= 15 is 0 Å². The molecule has 1 aliphatic rings. The molecule has 0 saturated carbocycles. The molecular weight excluding hydrogens is 238 g/mol. The zero-order valence-electron chi connectivity index (χ0n) is 9.86. The van der Waals surface area contributed by atoms with E-state index in [-0.39, 0.29) is 11.6 Å². The fourth-order valence-electron chi connectivity index (χ4n) is 2.03. The second-order valence-electron chi connectivity index (χ2n) is 4.56. The molecule has 92 valence electrons. The fraction of sp³-hybridized carbons (Fsp3) is 0.462. The first-order valence-corrected chi connectivity index (χ1v) is 6.23. The van der Waals surface area contributed by atoms with Crippen LogP contribution >= 0.6 is 11.6 Å². The van der Waals surface area contributed by atoms with Crippen molar-refractivity contribution in [2.45, 2.75) is 25.4 Å². The normalized spacial score (nSPS) is 23.9. The van der Waals surface area contributed by atoms with Crippen LogP contribution in [-0.4, -0.2) is 29.0 Å². The Morgan fingerprint density at radius 3 is 2.76 bits per heavy atom. The van der Waals surface area contributed by atoms with Gasteiger partial charge in [0.05, 0.1) is 5.54 Å². The minimum Gasteiger partial charge on any atom is -0.447 e. The zero-order valence-corrected chi connectivity index (χ0v) is 10.6. The summed E-state index contributed by atoms with van der Waals surface area (Å²) in [4.78, 5) is 13.5. The molecule has 0 aliphatic carbocycles. The molecule has 0 N–H and O–H groups in total. The van der Waals surface area contributed by atoms with Gasteiger partial charge >= 0.3 is 6.09 Å². The van der Waals surface area contributed by atoms with Gasteiger partial charge in [-0.1, -0.05) is 30.3 Å². The highest BCUT2D eigenvalue weighted by atomic mass is 35.5. The van der Waals surface area contributed by atoms with Gasteiger partial charge in [0.25, 0.3) is 0 Å². The molecule has 1 atom stereocenters. The molecule has 3 nitrogen and oxygen atoms in total. The summed E-state index contributed by atoms with van der Waals surface area (Å²) in [5, 5.41) is 0. The molecular formula is C13H16ClNO2. The van der Waals surface area contributed by atoms with Crippen LogP contribution in [0.25, 0.3) is 0 Å². The summed E-state index contributed by atoms with van der Waals surface area (Å²) in [5.41, 5.74) is 0.821. The van der Waals surface area contributed by atoms with E-state index in [9.17, 15) is 4.79 Å². The summed E-state index contributed by atoms with van der Waals surface area (Å²) in [6, 6.07) is 9.91. The number of ether oxygens (including phenoxy) is 1. The fourth-order valence-corrected chi connectivity index (χ4v) is 2.43. The van der Waals surface area contributed by atoms with Crippen LogP contribution in [0.15, 0.2) is 30.3 Å². The van der Waals surface area contributed by atoms with Crippen molar-refractivity contribution >= 4 is 17.7 Å². The number of hydrogen-bond donors (Lipinski definition) is 0. The highest BCUT2D eigenvalue weighted by Gasteiger charge is 2.42. The summed E-state index contributed by atoms with van der Waals surface area (Å²) >= 11 is 5.79. The van der Waals surface area contributed by atoms with E-state index in [1.54, 1.807) is 4.90 Å². The van der Waals surface area contributed by atoms with Crippen LogP contribution in [0.4, 0.5) is 4.79 Å². The smallest absolute Gasteiger partial charge is 0.410 e. The maximum atomic E-state index is 11.7. The number of carbonyl (C=O) groups excluding carboxylic acids is 1. The van der Waals surface area contributed by atoms with Crippen molar-refractivity contribution in [2.75, 3.05) is 12.5 Å². The largest absolute Gasteiger partial charge is 0.447 e. The number of carbonyl (C=O) groups is 1. The molecule has 1 aromatic rings. The average Bonchev–Trinajstić information content (AvgIpc) is 2.60. The van der Waals surface area contributed by atoms with Crippen molar-refractivity contribution < 1.29 is 9.53 Å². The van der Waals surface area contributed by atoms with Crippen molar-refractivity contribution in [1.29, 1.82) is 0 Å². The molecule has 1 amide bonds. The molecule has 4 heteroatoms. The van der Waals surface area contributed by atoms with Gasteiger partial charge < -0.3 is 4.74 Å². The van der Waals surface area contributed by atoms with E-state index in [0.29, 0.717) is 19.0 Å². The number of benzene rings is 1. The predicted molar refractivity (Wildman–Crippen MR) is 67.1 cm³/mol. The highest BCUT2D eigenvalue weighted by molar-refractivity contribution is 6.17. The Labute approximate surface area is 106 Å². The van der Waals surface area contributed by atoms with E-state index in [0.717, 1.165) is 12.0 Å². The maximum Gasteiger partial charge on any atom is 0.410 e. The zero-order chi connectivity index (χ0) is 12.3. The van der Waals surface area contributed by atoms with E-state index < -0.39 is 0 Å². The number of halogens is 1. The maximum absolute atomic E-state index is 11.7. The monoisotopic (exact) mass is 253 g/mol. The first-order chi connectivity index (χ1) is 8.15. The van der Waals surface area contributed by atoms with Crippen molar-refractivity contribution in [1.82, 2.24) is 4.90 Å². The van der Waals surface area contributed by atoms with E-state index in [4.69, 9.17) is 16.3 Å². The van der Waals surface area contributed by atoms with E-state index in [2.05, 4.69) is 0 Å². The summed E-state index contributed by atoms with van der Waals surface area (Å²) in [7, 11) is 0. The third-order valence-electron chi connectivity index (χ3n) is 3.20. The number of alkyl halides is 1. The summed E-state index contributed by atoms with van der Waals surface area (Å²) in [6.45, 7) is 3.02. The quantitative estimate of drug-likeness (QED) is 0.772. The van der Waals surface area contributed by atoms with Crippen LogP contribution in [0.5, 0.6) is 0 Å². The summed E-state index contributed by atoms with van der Waals surface area (Å²) < 4.78 is 5.13. The third kappa shape index (κ3) is 2.55. The van der Waals surface area contributed by atoms with Crippen molar-refractivity contribution in [2.24, 2.45) is 0 Å². The summed E-state index contributed by atoms with van der Waals surface area (Å²) in [6.07, 6.45) is 0.495. The van der Waals surface area contributed by atoms with Crippen LogP contribution in [0, 0.1) is 0 Å². The van der Waals surface area contributed by atoms with Gasteiger partial charge in [-0.05, 0) is 18.9 Å². The Morgan fingerprint density at radius 2 is 2.12 bits per heavy atom. The second-order valence-corrected chi connectivity index (χ2v) is 4.94. The van der Waals surface area contributed by atoms with Gasteiger partial charge in [0, 0.05) is 12.4 Å². The number of nitrogens with zero attached hydrogens (tertiary/aromatic N) is 1. The first-order valence-electron chi connectivity index (χ1n) is 5.70. The molecule has 17 heavy (non-hydrogen) atoms. The molecule has 0 bridgehead atoms. The van der Waals surface area contributed by atoms with E-state index in [1.165, 1.54) is 0 Å². The lowest BCUT2D eigenvalue weighted by Gasteiger charge is -2.31. The average molecular weight is 254 g/mol. The third-order valence-corrected chi connectivity index (χ3v) is 3.38. The highest BCUT2D eigenvalue weighted by Crippen LogP contribution is 2.29. The first kappa shape index (κ1) is 12.2.